The number of nitrogens with one attached hydrogen (secondary N) is 1. The van der Waals surface area contributed by atoms with Gasteiger partial charge in [-0.1, -0.05) is 30.3 Å². The Balaban J connectivity index is 1.41. The van der Waals surface area contributed by atoms with Crippen LogP contribution in [0.15, 0.2) is 63.8 Å². The van der Waals surface area contributed by atoms with Crippen molar-refractivity contribution in [3.8, 4) is 5.75 Å². The minimum atomic E-state index is -0.613. The highest BCUT2D eigenvalue weighted by molar-refractivity contribution is 5.96. The molecule has 0 saturated carbocycles. The van der Waals surface area contributed by atoms with Crippen molar-refractivity contribution in [2.75, 3.05) is 31.6 Å². The molecule has 1 N–H and O–H groups in total. The highest BCUT2D eigenvalue weighted by atomic mass is 16.5. The van der Waals surface area contributed by atoms with Crippen LogP contribution in [0, 0.1) is 5.92 Å². The molecule has 0 bridgehead atoms. The molecule has 6 nitrogen and oxygen atoms in total. The van der Waals surface area contributed by atoms with Gasteiger partial charge in [-0.25, -0.2) is 4.79 Å². The van der Waals surface area contributed by atoms with Crippen molar-refractivity contribution in [3.63, 3.8) is 0 Å². The molecule has 144 valence electrons. The number of ether oxygens (including phenoxy) is 1. The van der Waals surface area contributed by atoms with E-state index in [-0.39, 0.29) is 5.56 Å². The summed E-state index contributed by atoms with van der Waals surface area (Å²) in [5, 5.41) is 3.62. The summed E-state index contributed by atoms with van der Waals surface area (Å²) in [6, 6.07) is 16.7. The second kappa shape index (κ2) is 7.76. The smallest absolute Gasteiger partial charge is 0.349 e. The van der Waals surface area contributed by atoms with Crippen LogP contribution in [0.1, 0.15) is 16.8 Å². The van der Waals surface area contributed by atoms with Gasteiger partial charge in [0.2, 0.25) is 0 Å². The van der Waals surface area contributed by atoms with Crippen LogP contribution >= 0.6 is 0 Å². The lowest BCUT2D eigenvalue weighted by Crippen LogP contribution is -2.33. The number of fused-ring (bicyclic) bond motifs is 1. The van der Waals surface area contributed by atoms with E-state index in [0.717, 1.165) is 36.3 Å². The molecule has 0 radical (unpaired) electrons. The number of amides is 1. The summed E-state index contributed by atoms with van der Waals surface area (Å²) >= 11 is 0. The molecule has 1 aliphatic rings. The third-order valence-electron chi connectivity index (χ3n) is 5.15. The van der Waals surface area contributed by atoms with Gasteiger partial charge in [-0.15, -0.1) is 0 Å². The molecule has 1 atom stereocenters. The zero-order chi connectivity index (χ0) is 19.5. The SMILES string of the molecule is COc1ccccc1N1CCC(CNC(=O)c2cc3ccccc3oc2=O)C1. The van der Waals surface area contributed by atoms with Crippen LogP contribution in [0.3, 0.4) is 0 Å². The summed E-state index contributed by atoms with van der Waals surface area (Å²) in [7, 11) is 1.67. The first-order valence-corrected chi connectivity index (χ1v) is 9.35. The molecule has 2 heterocycles. The van der Waals surface area contributed by atoms with Gasteiger partial charge in [0, 0.05) is 25.0 Å². The molecular weight excluding hydrogens is 356 g/mol. The van der Waals surface area contributed by atoms with Crippen molar-refractivity contribution >= 4 is 22.6 Å². The predicted molar refractivity (Wildman–Crippen MR) is 108 cm³/mol. The number of nitrogens with zero attached hydrogens (tertiary/aromatic N) is 1. The van der Waals surface area contributed by atoms with E-state index in [1.807, 2.05) is 36.4 Å². The van der Waals surface area contributed by atoms with E-state index < -0.39 is 11.5 Å². The number of carbonyl (C=O) groups is 1. The van der Waals surface area contributed by atoms with Crippen molar-refractivity contribution in [2.45, 2.75) is 6.42 Å². The normalized spacial score (nSPS) is 16.3. The van der Waals surface area contributed by atoms with Crippen molar-refractivity contribution in [1.29, 1.82) is 0 Å². The summed E-state index contributed by atoms with van der Waals surface area (Å²) in [6.07, 6.45) is 0.963. The molecule has 1 fully saturated rings. The van der Waals surface area contributed by atoms with Gasteiger partial charge in [-0.3, -0.25) is 4.79 Å². The third kappa shape index (κ3) is 3.58. The van der Waals surface area contributed by atoms with Crippen LogP contribution in [0.2, 0.25) is 0 Å². The van der Waals surface area contributed by atoms with E-state index in [2.05, 4.69) is 10.2 Å². The van der Waals surface area contributed by atoms with Gasteiger partial charge in [0.1, 0.15) is 16.9 Å². The lowest BCUT2D eigenvalue weighted by atomic mass is 10.1. The van der Waals surface area contributed by atoms with Crippen LogP contribution in [0.25, 0.3) is 11.0 Å². The minimum absolute atomic E-state index is 0.0401. The number of hydrogen-bond donors (Lipinski definition) is 1. The monoisotopic (exact) mass is 378 g/mol. The maximum absolute atomic E-state index is 12.5. The van der Waals surface area contributed by atoms with Crippen molar-refractivity contribution in [3.05, 3.63) is 70.6 Å². The Labute approximate surface area is 162 Å². The molecule has 4 rings (SSSR count). The van der Waals surface area contributed by atoms with Gasteiger partial charge < -0.3 is 19.4 Å². The molecule has 28 heavy (non-hydrogen) atoms. The fourth-order valence-electron chi connectivity index (χ4n) is 3.66. The number of carbonyl (C=O) groups excluding carboxylic acids is 1. The molecule has 0 aliphatic carbocycles. The summed E-state index contributed by atoms with van der Waals surface area (Å²) in [6.45, 7) is 2.24. The first-order valence-electron chi connectivity index (χ1n) is 9.35. The Hall–Kier alpha value is -3.28. The van der Waals surface area contributed by atoms with Crippen molar-refractivity contribution < 1.29 is 13.9 Å². The molecule has 1 unspecified atom stereocenters. The summed E-state index contributed by atoms with van der Waals surface area (Å²) in [4.78, 5) is 26.9. The number of anilines is 1. The molecule has 6 heteroatoms. The Morgan fingerprint density at radius 1 is 1.21 bits per heavy atom. The van der Waals surface area contributed by atoms with Gasteiger partial charge >= 0.3 is 5.63 Å². The second-order valence-electron chi connectivity index (χ2n) is 6.97. The third-order valence-corrected chi connectivity index (χ3v) is 5.15. The maximum atomic E-state index is 12.5. The molecule has 1 aromatic heterocycles. The Bertz CT molecular complexity index is 1060. The second-order valence-corrected chi connectivity index (χ2v) is 6.97. The average Bonchev–Trinajstić information content (AvgIpc) is 3.20. The largest absolute Gasteiger partial charge is 0.495 e. The number of benzene rings is 2. The van der Waals surface area contributed by atoms with Gasteiger partial charge in [-0.2, -0.15) is 0 Å². The fraction of sp³-hybridized carbons (Fsp3) is 0.273. The van der Waals surface area contributed by atoms with E-state index in [0.29, 0.717) is 18.0 Å². The highest BCUT2D eigenvalue weighted by Gasteiger charge is 2.25. The topological polar surface area (TPSA) is 71.8 Å². The van der Waals surface area contributed by atoms with E-state index in [4.69, 9.17) is 9.15 Å². The molecule has 1 saturated heterocycles. The van der Waals surface area contributed by atoms with E-state index in [9.17, 15) is 9.59 Å². The molecule has 2 aromatic carbocycles. The van der Waals surface area contributed by atoms with Crippen LogP contribution in [-0.4, -0.2) is 32.7 Å². The quantitative estimate of drug-likeness (QED) is 0.691. The number of hydrogen-bond acceptors (Lipinski definition) is 5. The minimum Gasteiger partial charge on any atom is -0.495 e. The Kier molecular flexibility index (Phi) is 5.02. The summed E-state index contributed by atoms with van der Waals surface area (Å²) in [5.41, 5.74) is 0.970. The molecular formula is C22H22N2O4. The van der Waals surface area contributed by atoms with Gasteiger partial charge in [0.15, 0.2) is 0 Å². The van der Waals surface area contributed by atoms with Gasteiger partial charge in [-0.05, 0) is 36.6 Å². The lowest BCUT2D eigenvalue weighted by Gasteiger charge is -2.21. The Morgan fingerprint density at radius 3 is 2.86 bits per heavy atom. The predicted octanol–water partition coefficient (Wildman–Crippen LogP) is 3.06. The van der Waals surface area contributed by atoms with Crippen molar-refractivity contribution in [1.82, 2.24) is 5.32 Å². The van der Waals surface area contributed by atoms with E-state index in [1.54, 1.807) is 25.3 Å². The molecule has 1 aliphatic heterocycles. The fourth-order valence-corrected chi connectivity index (χ4v) is 3.66. The summed E-state index contributed by atoms with van der Waals surface area (Å²) in [5.74, 6) is 0.762. The van der Waals surface area contributed by atoms with Crippen molar-refractivity contribution in [2.24, 2.45) is 5.92 Å². The lowest BCUT2D eigenvalue weighted by molar-refractivity contribution is 0.0944. The number of methoxy groups -OCH3 is 1. The molecule has 0 spiro atoms. The molecule has 3 aromatic rings. The van der Waals surface area contributed by atoms with Crippen LogP contribution < -0.4 is 20.6 Å². The number of para-hydroxylation sites is 3. The summed E-state index contributed by atoms with van der Waals surface area (Å²) < 4.78 is 10.7. The van der Waals surface area contributed by atoms with Gasteiger partial charge in [0.25, 0.3) is 5.91 Å². The van der Waals surface area contributed by atoms with E-state index in [1.165, 1.54) is 0 Å². The van der Waals surface area contributed by atoms with Crippen LogP contribution in [0.5, 0.6) is 5.75 Å². The average molecular weight is 378 g/mol. The number of rotatable bonds is 5. The van der Waals surface area contributed by atoms with E-state index >= 15 is 0 Å². The molecule has 1 amide bonds. The van der Waals surface area contributed by atoms with Crippen LogP contribution in [-0.2, 0) is 0 Å². The van der Waals surface area contributed by atoms with Crippen LogP contribution in [0.4, 0.5) is 5.69 Å². The first-order chi connectivity index (χ1) is 13.7. The maximum Gasteiger partial charge on any atom is 0.349 e. The standard InChI is InChI=1S/C22H22N2O4/c1-27-20-9-5-3-7-18(20)24-11-10-15(14-24)13-23-21(25)17-12-16-6-2-4-8-19(16)28-22(17)26/h2-9,12,15H,10-11,13-14H2,1H3,(H,23,25). The zero-order valence-electron chi connectivity index (χ0n) is 15.7. The first kappa shape index (κ1) is 18.1. The zero-order valence-corrected chi connectivity index (χ0v) is 15.7. The highest BCUT2D eigenvalue weighted by Crippen LogP contribution is 2.31. The van der Waals surface area contributed by atoms with Gasteiger partial charge in [0.05, 0.1) is 12.8 Å². The Morgan fingerprint density at radius 2 is 2.00 bits per heavy atom.